The summed E-state index contributed by atoms with van der Waals surface area (Å²) in [4.78, 5) is 18.9. The molecule has 2 heterocycles. The molecule has 3 rings (SSSR count). The summed E-state index contributed by atoms with van der Waals surface area (Å²) < 4.78 is 13.4. The molecule has 4 nitrogen and oxygen atoms in total. The largest absolute Gasteiger partial charge is 0.322 e. The molecule has 132 valence electrons. The molecule has 1 aliphatic heterocycles. The van der Waals surface area contributed by atoms with E-state index in [1.54, 1.807) is 6.20 Å². The van der Waals surface area contributed by atoms with Crippen molar-refractivity contribution in [1.29, 1.82) is 0 Å². The van der Waals surface area contributed by atoms with Crippen molar-refractivity contribution in [3.05, 3.63) is 59.1 Å². The van der Waals surface area contributed by atoms with E-state index in [1.807, 2.05) is 23.1 Å². The van der Waals surface area contributed by atoms with E-state index < -0.39 is 5.82 Å². The van der Waals surface area contributed by atoms with Gasteiger partial charge in [0.1, 0.15) is 5.82 Å². The summed E-state index contributed by atoms with van der Waals surface area (Å²) in [6.07, 6.45) is 6.53. The Hall–Kier alpha value is -2.14. The molecule has 2 aromatic rings. The number of piperidine rings is 1. The summed E-state index contributed by atoms with van der Waals surface area (Å²) in [5.74, 6) is -0.426. The van der Waals surface area contributed by atoms with Crippen molar-refractivity contribution in [3.63, 3.8) is 0 Å². The van der Waals surface area contributed by atoms with Gasteiger partial charge in [0.15, 0.2) is 0 Å². The molecule has 1 aromatic carbocycles. The first-order chi connectivity index (χ1) is 12.1. The summed E-state index contributed by atoms with van der Waals surface area (Å²) in [5, 5.41) is 3.08. The molecule has 0 saturated carbocycles. The number of amides is 2. The van der Waals surface area contributed by atoms with Gasteiger partial charge in [-0.1, -0.05) is 17.7 Å². The van der Waals surface area contributed by atoms with E-state index in [4.69, 9.17) is 11.6 Å². The maximum atomic E-state index is 13.4. The highest BCUT2D eigenvalue weighted by molar-refractivity contribution is 6.33. The third-order valence-corrected chi connectivity index (χ3v) is 4.85. The number of likely N-dealkylation sites (tertiary alicyclic amines) is 1. The number of rotatable bonds is 4. The van der Waals surface area contributed by atoms with E-state index in [2.05, 4.69) is 10.3 Å². The van der Waals surface area contributed by atoms with E-state index in [0.29, 0.717) is 17.3 Å². The molecule has 0 aliphatic carbocycles. The highest BCUT2D eigenvalue weighted by atomic mass is 35.5. The number of hydrogen-bond donors (Lipinski definition) is 1. The Balaban J connectivity index is 1.65. The first kappa shape index (κ1) is 17.7. The van der Waals surface area contributed by atoms with E-state index in [1.165, 1.54) is 18.2 Å². The zero-order valence-corrected chi connectivity index (χ0v) is 14.7. The Morgan fingerprint density at radius 3 is 3.00 bits per heavy atom. The zero-order chi connectivity index (χ0) is 17.6. The summed E-state index contributed by atoms with van der Waals surface area (Å²) in [7, 11) is 0. The van der Waals surface area contributed by atoms with Crippen LogP contribution in [0.4, 0.5) is 14.9 Å². The van der Waals surface area contributed by atoms with Crippen LogP contribution in [0.5, 0.6) is 0 Å². The van der Waals surface area contributed by atoms with Crippen LogP contribution in [-0.2, 0) is 6.42 Å². The number of carbonyl (C=O) groups excluding carboxylic acids is 1. The third-order valence-electron chi connectivity index (χ3n) is 4.52. The van der Waals surface area contributed by atoms with Gasteiger partial charge in [-0.2, -0.15) is 0 Å². The van der Waals surface area contributed by atoms with Gasteiger partial charge in [0, 0.05) is 24.5 Å². The lowest BCUT2D eigenvalue weighted by atomic mass is 9.97. The first-order valence-electron chi connectivity index (χ1n) is 8.56. The molecule has 1 atom stereocenters. The van der Waals surface area contributed by atoms with Crippen LogP contribution in [0.1, 0.15) is 31.4 Å². The number of pyridine rings is 1. The van der Waals surface area contributed by atoms with Gasteiger partial charge >= 0.3 is 6.03 Å². The van der Waals surface area contributed by atoms with Gasteiger partial charge in [0.25, 0.3) is 0 Å². The lowest BCUT2D eigenvalue weighted by Gasteiger charge is -2.36. The van der Waals surface area contributed by atoms with E-state index in [9.17, 15) is 9.18 Å². The smallest absolute Gasteiger partial charge is 0.322 e. The average Bonchev–Trinajstić information content (AvgIpc) is 2.64. The molecular formula is C19H21ClFN3O. The number of anilines is 1. The molecule has 2 amide bonds. The number of aromatic nitrogens is 1. The van der Waals surface area contributed by atoms with Crippen LogP contribution in [-0.4, -0.2) is 28.5 Å². The maximum Gasteiger partial charge on any atom is 0.322 e. The molecule has 1 N–H and O–H groups in total. The van der Waals surface area contributed by atoms with Crippen LogP contribution in [0.15, 0.2) is 42.6 Å². The Morgan fingerprint density at radius 1 is 1.32 bits per heavy atom. The predicted molar refractivity (Wildman–Crippen MR) is 97.3 cm³/mol. The minimum atomic E-state index is -0.426. The molecule has 0 spiro atoms. The topological polar surface area (TPSA) is 45.2 Å². The van der Waals surface area contributed by atoms with Crippen LogP contribution < -0.4 is 5.32 Å². The number of halogens is 2. The van der Waals surface area contributed by atoms with E-state index in [-0.39, 0.29) is 12.1 Å². The summed E-state index contributed by atoms with van der Waals surface area (Å²) >= 11 is 6.05. The Morgan fingerprint density at radius 2 is 2.20 bits per heavy atom. The number of nitrogens with zero attached hydrogens (tertiary/aromatic N) is 2. The molecule has 25 heavy (non-hydrogen) atoms. The monoisotopic (exact) mass is 361 g/mol. The fourth-order valence-electron chi connectivity index (χ4n) is 3.21. The zero-order valence-electron chi connectivity index (χ0n) is 13.9. The van der Waals surface area contributed by atoms with Gasteiger partial charge in [-0.25, -0.2) is 9.18 Å². The van der Waals surface area contributed by atoms with Crippen LogP contribution >= 0.6 is 11.6 Å². The summed E-state index contributed by atoms with van der Waals surface area (Å²) in [5.41, 5.74) is 1.34. The number of carbonyl (C=O) groups is 1. The minimum absolute atomic E-state index is 0.156. The normalized spacial score (nSPS) is 17.4. The third kappa shape index (κ3) is 4.69. The van der Waals surface area contributed by atoms with Crippen molar-refractivity contribution in [1.82, 2.24) is 9.88 Å². The van der Waals surface area contributed by atoms with Gasteiger partial charge in [0.05, 0.1) is 10.7 Å². The van der Waals surface area contributed by atoms with Crippen molar-refractivity contribution in [2.24, 2.45) is 0 Å². The number of hydrogen-bond acceptors (Lipinski definition) is 2. The van der Waals surface area contributed by atoms with E-state index in [0.717, 1.165) is 37.8 Å². The molecular weight excluding hydrogens is 341 g/mol. The van der Waals surface area contributed by atoms with Crippen molar-refractivity contribution in [2.45, 2.75) is 38.1 Å². The van der Waals surface area contributed by atoms with Crippen molar-refractivity contribution >= 4 is 23.3 Å². The Bertz CT molecular complexity index is 726. The number of urea groups is 1. The molecule has 0 bridgehead atoms. The van der Waals surface area contributed by atoms with Crippen molar-refractivity contribution in [2.75, 3.05) is 11.9 Å². The molecule has 1 aromatic heterocycles. The van der Waals surface area contributed by atoms with Crippen LogP contribution in [0.25, 0.3) is 0 Å². The average molecular weight is 362 g/mol. The lowest BCUT2D eigenvalue weighted by Crippen LogP contribution is -2.46. The van der Waals surface area contributed by atoms with Crippen LogP contribution in [0, 0.1) is 5.82 Å². The lowest BCUT2D eigenvalue weighted by molar-refractivity contribution is 0.158. The molecule has 0 radical (unpaired) electrons. The molecule has 6 heteroatoms. The molecule has 1 aliphatic rings. The van der Waals surface area contributed by atoms with Crippen LogP contribution in [0.2, 0.25) is 5.02 Å². The fraction of sp³-hybridized carbons (Fsp3) is 0.368. The highest BCUT2D eigenvalue weighted by Gasteiger charge is 2.27. The van der Waals surface area contributed by atoms with Gasteiger partial charge in [0.2, 0.25) is 0 Å². The van der Waals surface area contributed by atoms with Gasteiger partial charge in [-0.3, -0.25) is 4.98 Å². The quantitative estimate of drug-likeness (QED) is 0.842. The summed E-state index contributed by atoms with van der Waals surface area (Å²) in [6, 6.07) is 9.76. The maximum absolute atomic E-state index is 13.4. The van der Waals surface area contributed by atoms with Gasteiger partial charge < -0.3 is 10.2 Å². The minimum Gasteiger partial charge on any atom is -0.322 e. The second-order valence-corrected chi connectivity index (χ2v) is 6.66. The molecule has 0 unspecified atom stereocenters. The standard InChI is InChI=1S/C19H21ClFN3O/c20-17-10-7-14(21)13-18(17)23-19(25)24-12-4-2-6-16(24)9-8-15-5-1-3-11-22-15/h1,3,5,7,10-11,13,16H,2,4,6,8-9,12H2,(H,23,25)/t16-/m1/s1. The van der Waals surface area contributed by atoms with Crippen LogP contribution in [0.3, 0.4) is 0 Å². The van der Waals surface area contributed by atoms with Crippen molar-refractivity contribution in [3.8, 4) is 0 Å². The van der Waals surface area contributed by atoms with Gasteiger partial charge in [-0.15, -0.1) is 0 Å². The van der Waals surface area contributed by atoms with E-state index >= 15 is 0 Å². The number of aryl methyl sites for hydroxylation is 1. The first-order valence-corrected chi connectivity index (χ1v) is 8.94. The SMILES string of the molecule is O=C(Nc1cc(F)ccc1Cl)N1CCCC[C@@H]1CCc1ccccn1. The molecule has 1 saturated heterocycles. The Kier molecular flexibility index (Phi) is 5.87. The second-order valence-electron chi connectivity index (χ2n) is 6.26. The van der Waals surface area contributed by atoms with Crippen molar-refractivity contribution < 1.29 is 9.18 Å². The second kappa shape index (κ2) is 8.30. The summed E-state index contributed by atoms with van der Waals surface area (Å²) in [6.45, 7) is 0.700. The fourth-order valence-corrected chi connectivity index (χ4v) is 3.37. The molecule has 1 fully saturated rings. The number of benzene rings is 1. The number of nitrogens with one attached hydrogen (secondary N) is 1. The Labute approximate surface area is 152 Å². The van der Waals surface area contributed by atoms with Gasteiger partial charge in [-0.05, 0) is 62.4 Å². The highest BCUT2D eigenvalue weighted by Crippen LogP contribution is 2.25. The predicted octanol–water partition coefficient (Wildman–Crippen LogP) is 4.89.